The molecule has 88 valence electrons. The normalized spacial score (nSPS) is 10.5. The van der Waals surface area contributed by atoms with E-state index in [0.717, 1.165) is 23.2 Å². The standard InChI is InChI=1S/C14H14O2S/c1-10(2)16-14-6-11(8-15)5-13(7-14)12-3-4-17-9-12/h3-10H,1-2H3. The van der Waals surface area contributed by atoms with Crippen LogP contribution >= 0.6 is 11.3 Å². The molecule has 2 aromatic rings. The van der Waals surface area contributed by atoms with Crippen molar-refractivity contribution in [2.24, 2.45) is 0 Å². The molecule has 1 aromatic heterocycles. The Kier molecular flexibility index (Phi) is 3.59. The lowest BCUT2D eigenvalue weighted by molar-refractivity contribution is 0.112. The van der Waals surface area contributed by atoms with Gasteiger partial charge in [-0.3, -0.25) is 4.79 Å². The van der Waals surface area contributed by atoms with Gasteiger partial charge in [0.05, 0.1) is 6.10 Å². The summed E-state index contributed by atoms with van der Waals surface area (Å²) in [5.41, 5.74) is 2.78. The molecule has 0 aliphatic rings. The summed E-state index contributed by atoms with van der Waals surface area (Å²) in [6, 6.07) is 7.65. The van der Waals surface area contributed by atoms with Crippen molar-refractivity contribution < 1.29 is 9.53 Å². The zero-order chi connectivity index (χ0) is 12.3. The van der Waals surface area contributed by atoms with Crippen LogP contribution in [0, 0.1) is 0 Å². The number of hydrogen-bond acceptors (Lipinski definition) is 3. The van der Waals surface area contributed by atoms with Crippen molar-refractivity contribution in [3.05, 3.63) is 40.6 Å². The lowest BCUT2D eigenvalue weighted by Gasteiger charge is -2.11. The van der Waals surface area contributed by atoms with E-state index in [1.165, 1.54) is 0 Å². The maximum Gasteiger partial charge on any atom is 0.150 e. The number of aldehydes is 1. The van der Waals surface area contributed by atoms with Crippen LogP contribution in [-0.2, 0) is 0 Å². The Morgan fingerprint density at radius 3 is 2.65 bits per heavy atom. The van der Waals surface area contributed by atoms with E-state index in [4.69, 9.17) is 4.74 Å². The van der Waals surface area contributed by atoms with Gasteiger partial charge in [-0.15, -0.1) is 0 Å². The lowest BCUT2D eigenvalue weighted by atomic mass is 10.1. The maximum absolute atomic E-state index is 10.9. The van der Waals surface area contributed by atoms with E-state index in [9.17, 15) is 4.79 Å². The fraction of sp³-hybridized carbons (Fsp3) is 0.214. The molecule has 0 aliphatic heterocycles. The first-order valence-electron chi connectivity index (χ1n) is 5.48. The number of hydrogen-bond donors (Lipinski definition) is 0. The third kappa shape index (κ3) is 2.94. The van der Waals surface area contributed by atoms with Gasteiger partial charge in [-0.05, 0) is 60.0 Å². The smallest absolute Gasteiger partial charge is 0.150 e. The van der Waals surface area contributed by atoms with E-state index < -0.39 is 0 Å². The minimum atomic E-state index is 0.104. The molecule has 0 radical (unpaired) electrons. The third-order valence-electron chi connectivity index (χ3n) is 2.29. The molecule has 0 spiro atoms. The predicted octanol–water partition coefficient (Wildman–Crippen LogP) is 4.01. The van der Waals surface area contributed by atoms with E-state index in [2.05, 4.69) is 5.38 Å². The van der Waals surface area contributed by atoms with Gasteiger partial charge < -0.3 is 4.74 Å². The number of rotatable bonds is 4. The summed E-state index contributed by atoms with van der Waals surface area (Å²) in [6.07, 6.45) is 0.954. The molecule has 1 heterocycles. The van der Waals surface area contributed by atoms with Gasteiger partial charge in [0.1, 0.15) is 12.0 Å². The summed E-state index contributed by atoms with van der Waals surface area (Å²) in [7, 11) is 0. The van der Waals surface area contributed by atoms with E-state index in [0.29, 0.717) is 5.56 Å². The van der Waals surface area contributed by atoms with Crippen molar-refractivity contribution in [3.63, 3.8) is 0 Å². The molecule has 0 N–H and O–H groups in total. The molecule has 0 aliphatic carbocycles. The summed E-state index contributed by atoms with van der Waals surface area (Å²) in [5, 5.41) is 4.08. The van der Waals surface area contributed by atoms with Crippen LogP contribution in [0.4, 0.5) is 0 Å². The second kappa shape index (κ2) is 5.15. The van der Waals surface area contributed by atoms with Crippen molar-refractivity contribution in [3.8, 4) is 16.9 Å². The van der Waals surface area contributed by atoms with Crippen LogP contribution in [0.2, 0.25) is 0 Å². The highest BCUT2D eigenvalue weighted by atomic mass is 32.1. The quantitative estimate of drug-likeness (QED) is 0.762. The molecule has 3 heteroatoms. The molecular formula is C14H14O2S. The molecule has 0 saturated carbocycles. The number of carbonyl (C=O) groups is 1. The molecule has 0 atom stereocenters. The molecule has 17 heavy (non-hydrogen) atoms. The van der Waals surface area contributed by atoms with E-state index >= 15 is 0 Å². The van der Waals surface area contributed by atoms with Crippen molar-refractivity contribution in [1.29, 1.82) is 0 Å². The molecular weight excluding hydrogens is 232 g/mol. The van der Waals surface area contributed by atoms with Crippen LogP contribution in [-0.4, -0.2) is 12.4 Å². The van der Waals surface area contributed by atoms with Crippen molar-refractivity contribution in [2.75, 3.05) is 0 Å². The van der Waals surface area contributed by atoms with Crippen molar-refractivity contribution >= 4 is 17.6 Å². The topological polar surface area (TPSA) is 26.3 Å². The zero-order valence-electron chi connectivity index (χ0n) is 9.84. The van der Waals surface area contributed by atoms with E-state index in [1.807, 2.05) is 37.4 Å². The van der Waals surface area contributed by atoms with Gasteiger partial charge in [0.15, 0.2) is 0 Å². The third-order valence-corrected chi connectivity index (χ3v) is 2.97. The SMILES string of the molecule is CC(C)Oc1cc(C=O)cc(-c2ccsc2)c1. The van der Waals surface area contributed by atoms with Gasteiger partial charge in [-0.1, -0.05) is 0 Å². The summed E-state index contributed by atoms with van der Waals surface area (Å²) in [6.45, 7) is 3.94. The first kappa shape index (κ1) is 11.9. The van der Waals surface area contributed by atoms with Crippen molar-refractivity contribution in [2.45, 2.75) is 20.0 Å². The van der Waals surface area contributed by atoms with Crippen LogP contribution in [0.1, 0.15) is 24.2 Å². The fourth-order valence-electron chi connectivity index (χ4n) is 1.63. The van der Waals surface area contributed by atoms with Gasteiger partial charge in [0.25, 0.3) is 0 Å². The molecule has 0 fully saturated rings. The van der Waals surface area contributed by atoms with Crippen molar-refractivity contribution in [1.82, 2.24) is 0 Å². The highest BCUT2D eigenvalue weighted by Crippen LogP contribution is 2.27. The Hall–Kier alpha value is -1.61. The molecule has 0 bridgehead atoms. The van der Waals surface area contributed by atoms with E-state index in [-0.39, 0.29) is 6.10 Å². The average molecular weight is 246 g/mol. The summed E-state index contributed by atoms with van der Waals surface area (Å²) < 4.78 is 5.64. The monoisotopic (exact) mass is 246 g/mol. The molecule has 2 rings (SSSR count). The number of thiophene rings is 1. The fourth-order valence-corrected chi connectivity index (χ4v) is 2.29. The van der Waals surface area contributed by atoms with Crippen LogP contribution < -0.4 is 4.74 Å². The second-order valence-corrected chi connectivity index (χ2v) is 4.87. The van der Waals surface area contributed by atoms with Crippen LogP contribution in [0.25, 0.3) is 11.1 Å². The van der Waals surface area contributed by atoms with Gasteiger partial charge in [0, 0.05) is 5.56 Å². The first-order chi connectivity index (χ1) is 8.19. The number of benzene rings is 1. The largest absolute Gasteiger partial charge is 0.491 e. The minimum Gasteiger partial charge on any atom is -0.491 e. The summed E-state index contributed by atoms with van der Waals surface area (Å²) in [5.74, 6) is 0.741. The minimum absolute atomic E-state index is 0.104. The Bertz CT molecular complexity index is 501. The van der Waals surface area contributed by atoms with E-state index in [1.54, 1.807) is 17.4 Å². The lowest BCUT2D eigenvalue weighted by Crippen LogP contribution is -2.05. The highest BCUT2D eigenvalue weighted by molar-refractivity contribution is 7.08. The van der Waals surface area contributed by atoms with Gasteiger partial charge >= 0.3 is 0 Å². The first-order valence-corrected chi connectivity index (χ1v) is 6.43. The predicted molar refractivity (Wildman–Crippen MR) is 70.9 cm³/mol. The average Bonchev–Trinajstić information content (AvgIpc) is 2.81. The molecule has 2 nitrogen and oxygen atoms in total. The Balaban J connectivity index is 2.42. The highest BCUT2D eigenvalue weighted by Gasteiger charge is 2.05. The Morgan fingerprint density at radius 1 is 1.24 bits per heavy atom. The number of carbonyl (C=O) groups excluding carboxylic acids is 1. The van der Waals surface area contributed by atoms with Gasteiger partial charge in [-0.2, -0.15) is 11.3 Å². The Labute approximate surface area is 105 Å². The molecule has 0 amide bonds. The van der Waals surface area contributed by atoms with Crippen LogP contribution in [0.5, 0.6) is 5.75 Å². The summed E-state index contributed by atoms with van der Waals surface area (Å²) >= 11 is 1.64. The zero-order valence-corrected chi connectivity index (χ0v) is 10.7. The molecule has 0 unspecified atom stereocenters. The molecule has 1 aromatic carbocycles. The van der Waals surface area contributed by atoms with Gasteiger partial charge in [-0.25, -0.2) is 0 Å². The number of ether oxygens (including phenoxy) is 1. The van der Waals surface area contributed by atoms with Crippen LogP contribution in [0.3, 0.4) is 0 Å². The maximum atomic E-state index is 10.9. The second-order valence-electron chi connectivity index (χ2n) is 4.09. The van der Waals surface area contributed by atoms with Crippen LogP contribution in [0.15, 0.2) is 35.0 Å². The summed E-state index contributed by atoms with van der Waals surface area (Å²) in [4.78, 5) is 10.9. The molecule has 0 saturated heterocycles. The Morgan fingerprint density at radius 2 is 2.06 bits per heavy atom. The van der Waals surface area contributed by atoms with Gasteiger partial charge in [0.2, 0.25) is 0 Å².